The van der Waals surface area contributed by atoms with E-state index in [1.54, 1.807) is 24.0 Å². The Morgan fingerprint density at radius 1 is 1.20 bits per heavy atom. The van der Waals surface area contributed by atoms with Crippen LogP contribution in [0, 0.1) is 0 Å². The Labute approximate surface area is 92.3 Å². The summed E-state index contributed by atoms with van der Waals surface area (Å²) >= 11 is 1.57. The highest BCUT2D eigenvalue weighted by Gasteiger charge is 1.97. The van der Waals surface area contributed by atoms with Crippen LogP contribution in [-0.4, -0.2) is 12.1 Å². The van der Waals surface area contributed by atoms with E-state index in [9.17, 15) is 0 Å². The highest BCUT2D eigenvalue weighted by atomic mass is 32.1. The summed E-state index contributed by atoms with van der Waals surface area (Å²) in [6.07, 6.45) is 0. The molecule has 0 spiro atoms. The number of methoxy groups -OCH3 is 1. The Morgan fingerprint density at radius 2 is 1.93 bits per heavy atom. The van der Waals surface area contributed by atoms with Crippen LogP contribution >= 0.6 is 11.3 Å². The van der Waals surface area contributed by atoms with Crippen molar-refractivity contribution >= 4 is 11.3 Å². The maximum Gasteiger partial charge on any atom is 0.131 e. The van der Waals surface area contributed by atoms with Gasteiger partial charge in [0.1, 0.15) is 18.1 Å². The minimum atomic E-state index is 0.510. The van der Waals surface area contributed by atoms with Gasteiger partial charge in [-0.25, -0.2) is 4.98 Å². The highest BCUT2D eigenvalue weighted by Crippen LogP contribution is 2.18. The van der Waals surface area contributed by atoms with Crippen LogP contribution in [0.25, 0.3) is 0 Å². The van der Waals surface area contributed by atoms with Gasteiger partial charge in [-0.3, -0.25) is 0 Å². The third-order valence-corrected chi connectivity index (χ3v) is 2.56. The summed E-state index contributed by atoms with van der Waals surface area (Å²) in [6, 6.07) is 7.50. The van der Waals surface area contributed by atoms with E-state index in [-0.39, 0.29) is 0 Å². The summed E-state index contributed by atoms with van der Waals surface area (Å²) < 4.78 is 10.6. The molecule has 1 heterocycles. The van der Waals surface area contributed by atoms with Gasteiger partial charge in [0, 0.05) is 5.38 Å². The van der Waals surface area contributed by atoms with Crippen LogP contribution in [0.1, 0.15) is 5.69 Å². The monoisotopic (exact) mass is 221 g/mol. The van der Waals surface area contributed by atoms with Gasteiger partial charge < -0.3 is 9.47 Å². The lowest BCUT2D eigenvalue weighted by Crippen LogP contribution is -1.95. The van der Waals surface area contributed by atoms with Crippen LogP contribution < -0.4 is 9.47 Å². The number of rotatable bonds is 4. The molecule has 0 N–H and O–H groups in total. The lowest BCUT2D eigenvalue weighted by molar-refractivity contribution is 0.301. The van der Waals surface area contributed by atoms with Crippen molar-refractivity contribution in [2.75, 3.05) is 7.11 Å². The maximum absolute atomic E-state index is 5.54. The van der Waals surface area contributed by atoms with E-state index in [1.807, 2.05) is 29.6 Å². The second kappa shape index (κ2) is 4.79. The van der Waals surface area contributed by atoms with Crippen molar-refractivity contribution < 1.29 is 9.47 Å². The zero-order chi connectivity index (χ0) is 10.5. The summed E-state index contributed by atoms with van der Waals surface area (Å²) in [7, 11) is 1.64. The first-order chi connectivity index (χ1) is 7.38. The molecule has 3 nitrogen and oxygen atoms in total. The van der Waals surface area contributed by atoms with E-state index in [1.165, 1.54) is 0 Å². The van der Waals surface area contributed by atoms with Gasteiger partial charge in [0.15, 0.2) is 0 Å². The van der Waals surface area contributed by atoms with Gasteiger partial charge in [-0.2, -0.15) is 0 Å². The number of thiazole rings is 1. The van der Waals surface area contributed by atoms with E-state index in [4.69, 9.17) is 9.47 Å². The molecule has 0 fully saturated rings. The first-order valence-corrected chi connectivity index (χ1v) is 5.46. The minimum Gasteiger partial charge on any atom is -0.497 e. The average Bonchev–Trinajstić information content (AvgIpc) is 2.80. The Balaban J connectivity index is 1.93. The number of benzene rings is 1. The molecule has 0 saturated heterocycles. The van der Waals surface area contributed by atoms with E-state index in [0.29, 0.717) is 6.61 Å². The van der Waals surface area contributed by atoms with E-state index in [0.717, 1.165) is 17.2 Å². The van der Waals surface area contributed by atoms with E-state index < -0.39 is 0 Å². The highest BCUT2D eigenvalue weighted by molar-refractivity contribution is 7.07. The molecule has 0 atom stereocenters. The third kappa shape index (κ3) is 2.70. The molecule has 1 aromatic heterocycles. The quantitative estimate of drug-likeness (QED) is 0.795. The molecule has 0 aliphatic heterocycles. The standard InChI is InChI=1S/C11H11NO2S/c1-13-10-2-4-11(5-3-10)14-6-9-7-15-8-12-9/h2-5,7-8H,6H2,1H3. The first kappa shape index (κ1) is 9.98. The second-order valence-electron chi connectivity index (χ2n) is 2.94. The lowest BCUT2D eigenvalue weighted by Gasteiger charge is -2.04. The summed E-state index contributed by atoms with van der Waals surface area (Å²) in [5, 5.41) is 1.98. The number of hydrogen-bond donors (Lipinski definition) is 0. The van der Waals surface area contributed by atoms with Crippen LogP contribution in [0.15, 0.2) is 35.2 Å². The Bertz CT molecular complexity index is 397. The first-order valence-electron chi connectivity index (χ1n) is 4.52. The van der Waals surface area contributed by atoms with Gasteiger partial charge in [0.2, 0.25) is 0 Å². The van der Waals surface area contributed by atoms with Crippen molar-refractivity contribution in [2.45, 2.75) is 6.61 Å². The lowest BCUT2D eigenvalue weighted by atomic mass is 10.3. The summed E-state index contributed by atoms with van der Waals surface area (Å²) in [4.78, 5) is 4.13. The van der Waals surface area contributed by atoms with E-state index >= 15 is 0 Å². The summed E-state index contributed by atoms with van der Waals surface area (Å²) in [6.45, 7) is 0.510. The van der Waals surface area contributed by atoms with Crippen molar-refractivity contribution in [3.63, 3.8) is 0 Å². The van der Waals surface area contributed by atoms with Crippen LogP contribution in [0.4, 0.5) is 0 Å². The normalized spacial score (nSPS) is 9.93. The van der Waals surface area contributed by atoms with Crippen LogP contribution in [0.5, 0.6) is 11.5 Å². The van der Waals surface area contributed by atoms with Gasteiger partial charge in [0.05, 0.1) is 18.3 Å². The molecule has 2 rings (SSSR count). The molecule has 0 amide bonds. The molecular formula is C11H11NO2S. The molecule has 0 saturated carbocycles. The van der Waals surface area contributed by atoms with Crippen LogP contribution in [0.3, 0.4) is 0 Å². The Hall–Kier alpha value is -1.55. The van der Waals surface area contributed by atoms with Gasteiger partial charge in [0.25, 0.3) is 0 Å². The van der Waals surface area contributed by atoms with Crippen LogP contribution in [0.2, 0.25) is 0 Å². The van der Waals surface area contributed by atoms with Gasteiger partial charge >= 0.3 is 0 Å². The Kier molecular flexibility index (Phi) is 3.19. The predicted octanol–water partition coefficient (Wildman–Crippen LogP) is 2.73. The predicted molar refractivity (Wildman–Crippen MR) is 59.4 cm³/mol. The largest absolute Gasteiger partial charge is 0.497 e. The molecular weight excluding hydrogens is 210 g/mol. The third-order valence-electron chi connectivity index (χ3n) is 1.93. The van der Waals surface area contributed by atoms with E-state index in [2.05, 4.69) is 4.98 Å². The summed E-state index contributed by atoms with van der Waals surface area (Å²) in [5.41, 5.74) is 2.75. The Morgan fingerprint density at radius 3 is 2.53 bits per heavy atom. The van der Waals surface area contributed by atoms with Crippen molar-refractivity contribution in [3.05, 3.63) is 40.8 Å². The molecule has 0 aliphatic rings. The average molecular weight is 221 g/mol. The number of aromatic nitrogens is 1. The van der Waals surface area contributed by atoms with Crippen molar-refractivity contribution in [3.8, 4) is 11.5 Å². The number of ether oxygens (including phenoxy) is 2. The molecule has 4 heteroatoms. The topological polar surface area (TPSA) is 31.4 Å². The van der Waals surface area contributed by atoms with Crippen molar-refractivity contribution in [1.29, 1.82) is 0 Å². The fraction of sp³-hybridized carbons (Fsp3) is 0.182. The van der Waals surface area contributed by atoms with Crippen LogP contribution in [-0.2, 0) is 6.61 Å². The molecule has 0 aliphatic carbocycles. The molecule has 2 aromatic rings. The fourth-order valence-electron chi connectivity index (χ4n) is 1.14. The van der Waals surface area contributed by atoms with Gasteiger partial charge in [-0.15, -0.1) is 11.3 Å². The second-order valence-corrected chi connectivity index (χ2v) is 3.66. The number of nitrogens with zero attached hydrogens (tertiary/aromatic N) is 1. The fourth-order valence-corrected chi connectivity index (χ4v) is 1.68. The van der Waals surface area contributed by atoms with Gasteiger partial charge in [-0.05, 0) is 24.3 Å². The molecule has 1 aromatic carbocycles. The maximum atomic E-state index is 5.54. The molecule has 15 heavy (non-hydrogen) atoms. The molecule has 0 bridgehead atoms. The summed E-state index contributed by atoms with van der Waals surface area (Å²) in [5.74, 6) is 1.65. The SMILES string of the molecule is COc1ccc(OCc2cscn2)cc1. The molecule has 78 valence electrons. The molecule has 0 radical (unpaired) electrons. The van der Waals surface area contributed by atoms with Crippen molar-refractivity contribution in [1.82, 2.24) is 4.98 Å². The number of hydrogen-bond acceptors (Lipinski definition) is 4. The molecule has 0 unspecified atom stereocenters. The van der Waals surface area contributed by atoms with Crippen molar-refractivity contribution in [2.24, 2.45) is 0 Å². The zero-order valence-corrected chi connectivity index (χ0v) is 9.16. The zero-order valence-electron chi connectivity index (χ0n) is 8.34. The minimum absolute atomic E-state index is 0.510. The van der Waals surface area contributed by atoms with Gasteiger partial charge in [-0.1, -0.05) is 0 Å². The smallest absolute Gasteiger partial charge is 0.131 e.